The summed E-state index contributed by atoms with van der Waals surface area (Å²) in [5.74, 6) is -0.0190. The Morgan fingerprint density at radius 1 is 1.16 bits per heavy atom. The molecule has 3 aromatic heterocycles. The zero-order chi connectivity index (χ0) is 22.2. The molecule has 0 saturated carbocycles. The average molecular weight is 464 g/mol. The van der Waals surface area contributed by atoms with E-state index in [2.05, 4.69) is 25.6 Å². The summed E-state index contributed by atoms with van der Waals surface area (Å²) in [6.45, 7) is -0.0328. The number of hydrogen-bond acceptors (Lipinski definition) is 8. The zero-order valence-electron chi connectivity index (χ0n) is 15.9. The lowest BCUT2D eigenvalue weighted by atomic mass is 10.1. The molecule has 4 aromatic rings. The molecule has 0 bridgehead atoms. The van der Waals surface area contributed by atoms with Crippen LogP contribution >= 0.6 is 22.7 Å². The third kappa shape index (κ3) is 4.36. The molecule has 0 atom stereocenters. The summed E-state index contributed by atoms with van der Waals surface area (Å²) in [5, 5.41) is 5.51. The van der Waals surface area contributed by atoms with E-state index >= 15 is 0 Å². The van der Waals surface area contributed by atoms with Gasteiger partial charge in [0.1, 0.15) is 0 Å². The van der Waals surface area contributed by atoms with Crippen molar-refractivity contribution in [3.8, 4) is 10.6 Å². The van der Waals surface area contributed by atoms with Crippen molar-refractivity contribution in [1.82, 2.24) is 15.0 Å². The van der Waals surface area contributed by atoms with E-state index in [4.69, 9.17) is 5.73 Å². The molecule has 0 aliphatic rings. The molecule has 0 radical (unpaired) electrons. The van der Waals surface area contributed by atoms with Crippen LogP contribution in [0.25, 0.3) is 20.8 Å². The van der Waals surface area contributed by atoms with Gasteiger partial charge < -0.3 is 11.1 Å². The first-order chi connectivity index (χ1) is 14.8. The minimum Gasteiger partial charge on any atom is -0.357 e. The van der Waals surface area contributed by atoms with Gasteiger partial charge in [0.05, 0.1) is 31.2 Å². The number of benzene rings is 1. The normalized spacial score (nSPS) is 11.6. The number of hydrogen-bond donors (Lipinski definition) is 3. The Balaban J connectivity index is 1.61. The van der Waals surface area contributed by atoms with Gasteiger partial charge in [0.15, 0.2) is 5.13 Å². The highest BCUT2D eigenvalue weighted by Gasteiger charge is 2.34. The van der Waals surface area contributed by atoms with E-state index in [-0.39, 0.29) is 17.2 Å². The first kappa shape index (κ1) is 21.2. The number of nitrogens with two attached hydrogens (primary N) is 1. The van der Waals surface area contributed by atoms with Gasteiger partial charge in [0, 0.05) is 19.8 Å². The van der Waals surface area contributed by atoms with Gasteiger partial charge in [-0.3, -0.25) is 10.1 Å². The molecule has 3 heterocycles. The van der Waals surface area contributed by atoms with E-state index in [1.165, 1.54) is 11.3 Å². The third-order valence-corrected chi connectivity index (χ3v) is 6.30. The number of thiazole rings is 1. The molecular weight excluding hydrogens is 449 g/mol. The molecule has 4 N–H and O–H groups in total. The Morgan fingerprint density at radius 2 is 1.97 bits per heavy atom. The molecular formula is C19H15F3N6OS2. The molecule has 0 fully saturated rings. The summed E-state index contributed by atoms with van der Waals surface area (Å²) in [6, 6.07) is 7.62. The zero-order valence-corrected chi connectivity index (χ0v) is 17.6. The topological polar surface area (TPSA) is 106 Å². The fraction of sp³-hybridized carbons (Fsp3) is 0.158. The third-order valence-electron chi connectivity index (χ3n) is 4.28. The molecule has 12 heteroatoms. The van der Waals surface area contributed by atoms with Crippen molar-refractivity contribution in [2.45, 2.75) is 12.7 Å². The number of halogens is 3. The van der Waals surface area contributed by atoms with Crippen LogP contribution in [0, 0.1) is 0 Å². The number of aromatic nitrogens is 3. The van der Waals surface area contributed by atoms with Gasteiger partial charge >= 0.3 is 6.18 Å². The predicted octanol–water partition coefficient (Wildman–Crippen LogP) is 4.59. The molecule has 160 valence electrons. The van der Waals surface area contributed by atoms with Gasteiger partial charge in [-0.2, -0.15) is 13.2 Å². The molecule has 0 spiro atoms. The van der Waals surface area contributed by atoms with Crippen LogP contribution in [0.2, 0.25) is 0 Å². The number of fused-ring (bicyclic) bond motifs is 1. The molecule has 0 unspecified atom stereocenters. The van der Waals surface area contributed by atoms with Gasteiger partial charge in [0.25, 0.3) is 5.91 Å². The quantitative estimate of drug-likeness (QED) is 0.399. The van der Waals surface area contributed by atoms with Crippen LogP contribution < -0.4 is 16.4 Å². The predicted molar refractivity (Wildman–Crippen MR) is 115 cm³/mol. The number of carbonyl (C=O) groups excluding carboxylic acids is 1. The van der Waals surface area contributed by atoms with E-state index in [1.54, 1.807) is 37.5 Å². The fourth-order valence-electron chi connectivity index (χ4n) is 2.85. The number of alkyl halides is 3. The molecule has 1 aromatic carbocycles. The van der Waals surface area contributed by atoms with Crippen LogP contribution in [0.3, 0.4) is 0 Å². The Morgan fingerprint density at radius 3 is 2.68 bits per heavy atom. The molecule has 31 heavy (non-hydrogen) atoms. The van der Waals surface area contributed by atoms with E-state index in [0.29, 0.717) is 26.8 Å². The van der Waals surface area contributed by atoms with Gasteiger partial charge in [-0.25, -0.2) is 15.0 Å². The molecule has 1 amide bonds. The molecule has 7 nitrogen and oxygen atoms in total. The summed E-state index contributed by atoms with van der Waals surface area (Å²) in [4.78, 5) is 26.1. The Bertz CT molecular complexity index is 1270. The Labute approximate surface area is 182 Å². The van der Waals surface area contributed by atoms with Crippen LogP contribution in [0.5, 0.6) is 0 Å². The standard InChI is InChI=1S/C19H15F3N6OS2/c1-24-17-25-5-4-11(26-17)12-2-3-13(30-12)16(29)28-18-27-15-10(19(20,21)22)6-9(8-23)7-14(15)31-18/h2-7H,8,23H2,1H3,(H,24,25,26)(H,27,28,29). The molecule has 0 aliphatic heterocycles. The number of rotatable bonds is 5. The van der Waals surface area contributed by atoms with Crippen molar-refractivity contribution in [3.63, 3.8) is 0 Å². The molecule has 4 rings (SSSR count). The second-order valence-electron chi connectivity index (χ2n) is 6.34. The first-order valence-electron chi connectivity index (χ1n) is 8.91. The van der Waals surface area contributed by atoms with Crippen LogP contribution in [-0.2, 0) is 12.7 Å². The van der Waals surface area contributed by atoms with Crippen LogP contribution in [0.4, 0.5) is 24.3 Å². The van der Waals surface area contributed by atoms with Crippen molar-refractivity contribution in [3.05, 3.63) is 52.5 Å². The van der Waals surface area contributed by atoms with E-state index in [9.17, 15) is 18.0 Å². The number of anilines is 2. The highest BCUT2D eigenvalue weighted by Crippen LogP contribution is 2.39. The van der Waals surface area contributed by atoms with Crippen molar-refractivity contribution in [1.29, 1.82) is 0 Å². The van der Waals surface area contributed by atoms with E-state index in [0.717, 1.165) is 22.3 Å². The Hall–Kier alpha value is -3.09. The number of nitrogens with zero attached hydrogens (tertiary/aromatic N) is 3. The SMILES string of the molecule is CNc1nccc(-c2ccc(C(=O)Nc3nc4c(C(F)(F)F)cc(CN)cc4s3)s2)n1. The van der Waals surface area contributed by atoms with Gasteiger partial charge in [-0.15, -0.1) is 11.3 Å². The minimum atomic E-state index is -4.58. The van der Waals surface area contributed by atoms with Crippen molar-refractivity contribution in [2.75, 3.05) is 17.7 Å². The maximum Gasteiger partial charge on any atom is 0.418 e. The van der Waals surface area contributed by atoms with Crippen LogP contribution in [0.15, 0.2) is 36.5 Å². The second-order valence-corrected chi connectivity index (χ2v) is 8.46. The number of carbonyl (C=O) groups is 1. The maximum absolute atomic E-state index is 13.4. The summed E-state index contributed by atoms with van der Waals surface area (Å²) < 4.78 is 40.5. The lowest BCUT2D eigenvalue weighted by Gasteiger charge is -2.08. The van der Waals surface area contributed by atoms with Gasteiger partial charge in [0.2, 0.25) is 5.95 Å². The highest BCUT2D eigenvalue weighted by molar-refractivity contribution is 7.22. The van der Waals surface area contributed by atoms with Gasteiger partial charge in [-0.05, 0) is 35.9 Å². The monoisotopic (exact) mass is 464 g/mol. The second kappa shape index (κ2) is 8.21. The minimum absolute atomic E-state index is 0.0328. The first-order valence-corrected chi connectivity index (χ1v) is 10.5. The van der Waals surface area contributed by atoms with Crippen molar-refractivity contribution >= 4 is 49.9 Å². The average Bonchev–Trinajstić information content (AvgIpc) is 3.39. The number of nitrogens with one attached hydrogen (secondary N) is 2. The fourth-order valence-corrected chi connectivity index (χ4v) is 4.67. The summed E-state index contributed by atoms with van der Waals surface area (Å²) in [5.41, 5.74) is 5.43. The maximum atomic E-state index is 13.4. The molecule has 0 aliphatic carbocycles. The van der Waals surface area contributed by atoms with Crippen molar-refractivity contribution < 1.29 is 18.0 Å². The number of thiophene rings is 1. The van der Waals surface area contributed by atoms with Gasteiger partial charge in [-0.1, -0.05) is 11.3 Å². The molecule has 0 saturated heterocycles. The summed E-state index contributed by atoms with van der Waals surface area (Å²) >= 11 is 2.17. The number of amides is 1. The van der Waals surface area contributed by atoms with Crippen LogP contribution in [0.1, 0.15) is 20.8 Å². The van der Waals surface area contributed by atoms with Crippen molar-refractivity contribution in [2.24, 2.45) is 5.73 Å². The lowest BCUT2D eigenvalue weighted by Crippen LogP contribution is -2.10. The van der Waals surface area contributed by atoms with Crippen LogP contribution in [-0.4, -0.2) is 27.9 Å². The largest absolute Gasteiger partial charge is 0.418 e. The highest BCUT2D eigenvalue weighted by atomic mass is 32.1. The van der Waals surface area contributed by atoms with E-state index < -0.39 is 17.6 Å². The smallest absolute Gasteiger partial charge is 0.357 e. The lowest BCUT2D eigenvalue weighted by molar-refractivity contribution is -0.136. The summed E-state index contributed by atoms with van der Waals surface area (Å²) in [6.07, 6.45) is -2.98. The Kier molecular flexibility index (Phi) is 5.60. The van der Waals surface area contributed by atoms with E-state index in [1.807, 2.05) is 0 Å². The summed E-state index contributed by atoms with van der Waals surface area (Å²) in [7, 11) is 1.70.